The maximum absolute atomic E-state index is 11.5. The highest BCUT2D eigenvalue weighted by atomic mass is 16.5. The molecule has 3 N–H and O–H groups in total. The molecule has 0 aliphatic rings. The third-order valence-electron chi connectivity index (χ3n) is 2.23. The topological polar surface area (TPSA) is 64.3 Å². The number of nitrogens with one attached hydrogen (secondary N) is 1. The van der Waals surface area contributed by atoms with Gasteiger partial charge in [0, 0.05) is 18.5 Å². The Morgan fingerprint density at radius 2 is 2.20 bits per heavy atom. The van der Waals surface area contributed by atoms with Crippen LogP contribution >= 0.6 is 0 Å². The van der Waals surface area contributed by atoms with Crippen molar-refractivity contribution >= 4 is 17.3 Å². The van der Waals surface area contributed by atoms with Crippen molar-refractivity contribution in [1.82, 2.24) is 0 Å². The summed E-state index contributed by atoms with van der Waals surface area (Å²) < 4.78 is 4.91. The predicted molar refractivity (Wildman–Crippen MR) is 60.7 cm³/mol. The maximum atomic E-state index is 11.5. The van der Waals surface area contributed by atoms with Gasteiger partial charge in [0.1, 0.15) is 6.10 Å². The SMILES string of the molecule is COC(C)C(=O)Nc1ccc(N)cc1C. The molecule has 4 nitrogen and oxygen atoms in total. The fraction of sp³-hybridized carbons (Fsp3) is 0.364. The Balaban J connectivity index is 2.77. The van der Waals surface area contributed by atoms with Gasteiger partial charge in [-0.05, 0) is 37.6 Å². The Bertz CT molecular complexity index is 364. The average Bonchev–Trinajstić information content (AvgIpc) is 2.20. The molecule has 82 valence electrons. The van der Waals surface area contributed by atoms with Crippen LogP contribution in [-0.4, -0.2) is 19.1 Å². The van der Waals surface area contributed by atoms with E-state index in [4.69, 9.17) is 10.5 Å². The van der Waals surface area contributed by atoms with Gasteiger partial charge in [-0.2, -0.15) is 0 Å². The van der Waals surface area contributed by atoms with E-state index in [0.29, 0.717) is 5.69 Å². The lowest BCUT2D eigenvalue weighted by Crippen LogP contribution is -2.26. The van der Waals surface area contributed by atoms with Gasteiger partial charge in [0.15, 0.2) is 0 Å². The number of anilines is 2. The lowest BCUT2D eigenvalue weighted by molar-refractivity contribution is -0.124. The predicted octanol–water partition coefficient (Wildman–Crippen LogP) is 1.55. The Morgan fingerprint density at radius 3 is 2.73 bits per heavy atom. The van der Waals surface area contributed by atoms with E-state index in [9.17, 15) is 4.79 Å². The van der Waals surface area contributed by atoms with Crippen LogP contribution in [-0.2, 0) is 9.53 Å². The highest BCUT2D eigenvalue weighted by Crippen LogP contribution is 2.17. The molecule has 0 saturated carbocycles. The second-order valence-electron chi connectivity index (χ2n) is 3.44. The smallest absolute Gasteiger partial charge is 0.253 e. The number of nitrogen functional groups attached to an aromatic ring is 1. The van der Waals surface area contributed by atoms with Gasteiger partial charge in [-0.1, -0.05) is 0 Å². The largest absolute Gasteiger partial charge is 0.399 e. The molecule has 0 radical (unpaired) electrons. The second-order valence-corrected chi connectivity index (χ2v) is 3.44. The summed E-state index contributed by atoms with van der Waals surface area (Å²) in [5, 5.41) is 2.77. The highest BCUT2D eigenvalue weighted by molar-refractivity contribution is 5.94. The van der Waals surface area contributed by atoms with E-state index in [2.05, 4.69) is 5.32 Å². The number of benzene rings is 1. The molecule has 0 fully saturated rings. The van der Waals surface area contributed by atoms with Crippen LogP contribution in [0.3, 0.4) is 0 Å². The molecule has 0 spiro atoms. The van der Waals surface area contributed by atoms with Gasteiger partial charge >= 0.3 is 0 Å². The van der Waals surface area contributed by atoms with Gasteiger partial charge in [0.05, 0.1) is 0 Å². The zero-order valence-corrected chi connectivity index (χ0v) is 9.20. The molecule has 0 aliphatic carbocycles. The minimum absolute atomic E-state index is 0.162. The number of hydrogen-bond donors (Lipinski definition) is 2. The first kappa shape index (κ1) is 11.5. The average molecular weight is 208 g/mol. The molecular formula is C11H16N2O2. The normalized spacial score (nSPS) is 12.2. The summed E-state index contributed by atoms with van der Waals surface area (Å²) in [6.45, 7) is 3.59. The van der Waals surface area contributed by atoms with Crippen LogP contribution in [0.1, 0.15) is 12.5 Å². The summed E-state index contributed by atoms with van der Waals surface area (Å²) in [7, 11) is 1.50. The molecule has 15 heavy (non-hydrogen) atoms. The number of rotatable bonds is 3. The fourth-order valence-corrected chi connectivity index (χ4v) is 1.17. The van der Waals surface area contributed by atoms with Crippen molar-refractivity contribution in [2.24, 2.45) is 0 Å². The first-order chi connectivity index (χ1) is 7.04. The number of aryl methyl sites for hydroxylation is 1. The summed E-state index contributed by atoms with van der Waals surface area (Å²) in [6, 6.07) is 5.35. The van der Waals surface area contributed by atoms with Crippen molar-refractivity contribution in [1.29, 1.82) is 0 Å². The monoisotopic (exact) mass is 208 g/mol. The van der Waals surface area contributed by atoms with Crippen molar-refractivity contribution in [3.05, 3.63) is 23.8 Å². The Labute approximate surface area is 89.4 Å². The van der Waals surface area contributed by atoms with Crippen LogP contribution < -0.4 is 11.1 Å². The molecule has 1 amide bonds. The molecule has 1 unspecified atom stereocenters. The van der Waals surface area contributed by atoms with E-state index in [1.54, 1.807) is 19.1 Å². The van der Waals surface area contributed by atoms with E-state index in [1.807, 2.05) is 13.0 Å². The Kier molecular flexibility index (Phi) is 3.68. The van der Waals surface area contributed by atoms with Crippen LogP contribution in [0.5, 0.6) is 0 Å². The summed E-state index contributed by atoms with van der Waals surface area (Å²) in [4.78, 5) is 11.5. The van der Waals surface area contributed by atoms with E-state index in [0.717, 1.165) is 11.3 Å². The molecule has 0 aliphatic heterocycles. The van der Waals surface area contributed by atoms with E-state index in [1.165, 1.54) is 7.11 Å². The number of amides is 1. The number of carbonyl (C=O) groups is 1. The molecule has 0 heterocycles. The van der Waals surface area contributed by atoms with Gasteiger partial charge in [-0.3, -0.25) is 4.79 Å². The lowest BCUT2D eigenvalue weighted by atomic mass is 10.1. The van der Waals surface area contributed by atoms with Crippen LogP contribution in [0, 0.1) is 6.92 Å². The van der Waals surface area contributed by atoms with Gasteiger partial charge in [-0.25, -0.2) is 0 Å². The van der Waals surface area contributed by atoms with Crippen LogP contribution in [0.25, 0.3) is 0 Å². The first-order valence-corrected chi connectivity index (χ1v) is 4.74. The Hall–Kier alpha value is -1.55. The lowest BCUT2D eigenvalue weighted by Gasteiger charge is -2.12. The van der Waals surface area contributed by atoms with Gasteiger partial charge < -0.3 is 15.8 Å². The third-order valence-corrected chi connectivity index (χ3v) is 2.23. The second kappa shape index (κ2) is 4.79. The number of hydrogen-bond acceptors (Lipinski definition) is 3. The van der Waals surface area contributed by atoms with Crippen LogP contribution in [0.2, 0.25) is 0 Å². The van der Waals surface area contributed by atoms with Crippen LogP contribution in [0.4, 0.5) is 11.4 Å². The van der Waals surface area contributed by atoms with Crippen molar-refractivity contribution < 1.29 is 9.53 Å². The number of ether oxygens (including phenoxy) is 1. The standard InChI is InChI=1S/C11H16N2O2/c1-7-6-9(12)4-5-10(7)13-11(14)8(2)15-3/h4-6,8H,12H2,1-3H3,(H,13,14). The van der Waals surface area contributed by atoms with E-state index >= 15 is 0 Å². The van der Waals surface area contributed by atoms with Crippen molar-refractivity contribution in [2.75, 3.05) is 18.2 Å². The summed E-state index contributed by atoms with van der Waals surface area (Å²) in [5.74, 6) is -0.162. The maximum Gasteiger partial charge on any atom is 0.253 e. The zero-order chi connectivity index (χ0) is 11.4. The number of carbonyl (C=O) groups excluding carboxylic acids is 1. The summed E-state index contributed by atoms with van der Waals surface area (Å²) >= 11 is 0. The molecular weight excluding hydrogens is 192 g/mol. The minimum atomic E-state index is -0.457. The van der Waals surface area contributed by atoms with E-state index < -0.39 is 6.10 Å². The molecule has 1 atom stereocenters. The zero-order valence-electron chi connectivity index (χ0n) is 9.20. The third kappa shape index (κ3) is 2.95. The fourth-order valence-electron chi connectivity index (χ4n) is 1.17. The molecule has 0 aromatic heterocycles. The molecule has 0 saturated heterocycles. The molecule has 0 bridgehead atoms. The molecule has 1 rings (SSSR count). The molecule has 1 aromatic rings. The van der Waals surface area contributed by atoms with Crippen molar-refractivity contribution in [3.63, 3.8) is 0 Å². The summed E-state index contributed by atoms with van der Waals surface area (Å²) in [5.41, 5.74) is 7.99. The first-order valence-electron chi connectivity index (χ1n) is 4.74. The quantitative estimate of drug-likeness (QED) is 0.741. The van der Waals surface area contributed by atoms with Gasteiger partial charge in [0.25, 0.3) is 5.91 Å². The van der Waals surface area contributed by atoms with Gasteiger partial charge in [-0.15, -0.1) is 0 Å². The molecule has 1 aromatic carbocycles. The number of nitrogens with two attached hydrogens (primary N) is 1. The Morgan fingerprint density at radius 1 is 1.53 bits per heavy atom. The summed E-state index contributed by atoms with van der Waals surface area (Å²) in [6.07, 6.45) is -0.457. The van der Waals surface area contributed by atoms with E-state index in [-0.39, 0.29) is 5.91 Å². The van der Waals surface area contributed by atoms with Gasteiger partial charge in [0.2, 0.25) is 0 Å². The van der Waals surface area contributed by atoms with Crippen molar-refractivity contribution in [3.8, 4) is 0 Å². The molecule has 4 heteroatoms. The minimum Gasteiger partial charge on any atom is -0.399 e. The highest BCUT2D eigenvalue weighted by Gasteiger charge is 2.12. The van der Waals surface area contributed by atoms with Crippen molar-refractivity contribution in [2.45, 2.75) is 20.0 Å². The van der Waals surface area contributed by atoms with Crippen LogP contribution in [0.15, 0.2) is 18.2 Å². The number of methoxy groups -OCH3 is 1.